The highest BCUT2D eigenvalue weighted by molar-refractivity contribution is 6.06. The summed E-state index contributed by atoms with van der Waals surface area (Å²) < 4.78 is 0. The molecule has 9 nitrogen and oxygen atoms in total. The highest BCUT2D eigenvalue weighted by Gasteiger charge is 2.40. The fourth-order valence-corrected chi connectivity index (χ4v) is 5.12. The standard InChI is InChI=1S/C22H26N6O3/c23-15-10-24-26-20(15)16-6-1-2-9-27(16)11-13-4-3-5-14-12-28(22(31)19(13)14)17-7-8-18(29)25-21(17)30/h3-5,10,16-17H,1-2,6-9,11-12,23H2,(H,24,26)(H,25,29,30). The molecule has 1 aromatic heterocycles. The molecule has 5 rings (SSSR count). The van der Waals surface area contributed by atoms with Crippen LogP contribution in [-0.4, -0.2) is 50.3 Å². The number of nitrogen functional groups attached to an aromatic ring is 1. The van der Waals surface area contributed by atoms with Crippen molar-refractivity contribution in [3.63, 3.8) is 0 Å². The number of carbonyl (C=O) groups excluding carboxylic acids is 3. The third kappa shape index (κ3) is 3.48. The van der Waals surface area contributed by atoms with E-state index in [4.69, 9.17) is 5.73 Å². The zero-order valence-corrected chi connectivity index (χ0v) is 17.3. The third-order valence-corrected chi connectivity index (χ3v) is 6.66. The van der Waals surface area contributed by atoms with E-state index in [-0.39, 0.29) is 30.2 Å². The maximum Gasteiger partial charge on any atom is 0.255 e. The normalized spacial score (nSPS) is 24.4. The molecule has 2 fully saturated rings. The first-order chi connectivity index (χ1) is 15.0. The molecule has 0 spiro atoms. The Morgan fingerprint density at radius 1 is 1.13 bits per heavy atom. The van der Waals surface area contributed by atoms with E-state index in [0.29, 0.717) is 30.8 Å². The summed E-state index contributed by atoms with van der Waals surface area (Å²) in [5.74, 6) is -0.792. The van der Waals surface area contributed by atoms with Crippen molar-refractivity contribution in [1.82, 2.24) is 25.3 Å². The maximum atomic E-state index is 13.4. The molecule has 2 aromatic rings. The number of H-pyrrole nitrogens is 1. The number of piperidine rings is 2. The predicted molar refractivity (Wildman–Crippen MR) is 112 cm³/mol. The van der Waals surface area contributed by atoms with Crippen LogP contribution in [0.1, 0.15) is 65.3 Å². The lowest BCUT2D eigenvalue weighted by atomic mass is 9.96. The molecule has 0 radical (unpaired) electrons. The van der Waals surface area contributed by atoms with Gasteiger partial charge in [0, 0.05) is 25.1 Å². The zero-order valence-electron chi connectivity index (χ0n) is 17.3. The number of aromatic amines is 1. The van der Waals surface area contributed by atoms with Crippen molar-refractivity contribution in [2.75, 3.05) is 12.3 Å². The Bertz CT molecular complexity index is 1050. The number of aromatic nitrogens is 2. The second-order valence-corrected chi connectivity index (χ2v) is 8.57. The number of carbonyl (C=O) groups is 3. The van der Waals surface area contributed by atoms with Gasteiger partial charge in [0.15, 0.2) is 0 Å². The molecule has 4 N–H and O–H groups in total. The Balaban J connectivity index is 1.40. The van der Waals surface area contributed by atoms with E-state index in [1.165, 1.54) is 0 Å². The Labute approximate surface area is 180 Å². The van der Waals surface area contributed by atoms with Crippen LogP contribution in [0.15, 0.2) is 24.4 Å². The van der Waals surface area contributed by atoms with Crippen LogP contribution in [0.2, 0.25) is 0 Å². The molecule has 3 amide bonds. The number of imide groups is 1. The Morgan fingerprint density at radius 2 is 2.00 bits per heavy atom. The maximum absolute atomic E-state index is 13.4. The summed E-state index contributed by atoms with van der Waals surface area (Å²) in [6.07, 6.45) is 5.46. The lowest BCUT2D eigenvalue weighted by molar-refractivity contribution is -0.136. The highest BCUT2D eigenvalue weighted by Crippen LogP contribution is 2.36. The Morgan fingerprint density at radius 3 is 2.77 bits per heavy atom. The van der Waals surface area contributed by atoms with Crippen LogP contribution >= 0.6 is 0 Å². The molecule has 2 saturated heterocycles. The topological polar surface area (TPSA) is 124 Å². The first-order valence-corrected chi connectivity index (χ1v) is 10.8. The van der Waals surface area contributed by atoms with Gasteiger partial charge in [-0.05, 0) is 36.9 Å². The summed E-state index contributed by atoms with van der Waals surface area (Å²) in [5, 5.41) is 9.49. The van der Waals surface area contributed by atoms with Crippen molar-refractivity contribution in [3.05, 3.63) is 46.8 Å². The molecule has 0 aliphatic carbocycles. The van der Waals surface area contributed by atoms with Crippen LogP contribution in [0.4, 0.5) is 5.69 Å². The predicted octanol–water partition coefficient (Wildman–Crippen LogP) is 1.48. The summed E-state index contributed by atoms with van der Waals surface area (Å²) in [6, 6.07) is 5.45. The van der Waals surface area contributed by atoms with E-state index in [2.05, 4.69) is 20.4 Å². The number of likely N-dealkylation sites (tertiary alicyclic amines) is 1. The van der Waals surface area contributed by atoms with Crippen molar-refractivity contribution >= 4 is 23.4 Å². The minimum atomic E-state index is -0.599. The van der Waals surface area contributed by atoms with Crippen LogP contribution in [0, 0.1) is 0 Å². The van der Waals surface area contributed by atoms with Gasteiger partial charge in [-0.15, -0.1) is 0 Å². The summed E-state index contributed by atoms with van der Waals surface area (Å²) >= 11 is 0. The summed E-state index contributed by atoms with van der Waals surface area (Å²) in [5.41, 5.74) is 10.3. The molecular formula is C22H26N6O3. The van der Waals surface area contributed by atoms with Gasteiger partial charge in [0.1, 0.15) is 6.04 Å². The first kappa shape index (κ1) is 19.7. The van der Waals surface area contributed by atoms with Gasteiger partial charge in [-0.25, -0.2) is 0 Å². The summed E-state index contributed by atoms with van der Waals surface area (Å²) in [7, 11) is 0. The lowest BCUT2D eigenvalue weighted by Crippen LogP contribution is -2.52. The van der Waals surface area contributed by atoms with E-state index in [1.54, 1.807) is 11.1 Å². The van der Waals surface area contributed by atoms with Gasteiger partial charge in [-0.2, -0.15) is 5.10 Å². The molecular weight excluding hydrogens is 396 g/mol. The molecule has 2 unspecified atom stereocenters. The molecule has 31 heavy (non-hydrogen) atoms. The van der Waals surface area contributed by atoms with Gasteiger partial charge < -0.3 is 10.6 Å². The third-order valence-electron chi connectivity index (χ3n) is 6.66. The first-order valence-electron chi connectivity index (χ1n) is 10.8. The number of nitrogens with one attached hydrogen (secondary N) is 2. The van der Waals surface area contributed by atoms with Gasteiger partial charge in [0.25, 0.3) is 5.91 Å². The number of anilines is 1. The fraction of sp³-hybridized carbons (Fsp3) is 0.455. The average Bonchev–Trinajstić information content (AvgIpc) is 3.32. The Hall–Kier alpha value is -3.20. The molecule has 1 aromatic carbocycles. The second-order valence-electron chi connectivity index (χ2n) is 8.57. The smallest absolute Gasteiger partial charge is 0.255 e. The monoisotopic (exact) mass is 422 g/mol. The van der Waals surface area contributed by atoms with Crippen molar-refractivity contribution in [1.29, 1.82) is 0 Å². The fourth-order valence-electron chi connectivity index (χ4n) is 5.12. The largest absolute Gasteiger partial charge is 0.396 e. The lowest BCUT2D eigenvalue weighted by Gasteiger charge is -2.35. The Kier molecular flexibility index (Phi) is 4.97. The van der Waals surface area contributed by atoms with E-state index < -0.39 is 6.04 Å². The molecule has 162 valence electrons. The van der Waals surface area contributed by atoms with Gasteiger partial charge in [-0.1, -0.05) is 24.6 Å². The zero-order chi connectivity index (χ0) is 21.5. The molecule has 3 aliphatic rings. The summed E-state index contributed by atoms with van der Waals surface area (Å²) in [4.78, 5) is 41.2. The number of hydrogen-bond donors (Lipinski definition) is 3. The van der Waals surface area contributed by atoms with Gasteiger partial charge in [0.05, 0.1) is 23.6 Å². The number of benzene rings is 1. The number of rotatable bonds is 4. The SMILES string of the molecule is Nc1cn[nH]c1C1CCCCN1Cc1cccc2c1C(=O)N(C1CCC(=O)NC1=O)C2. The molecule has 2 atom stereocenters. The minimum Gasteiger partial charge on any atom is -0.396 e. The van der Waals surface area contributed by atoms with Crippen molar-refractivity contribution in [2.24, 2.45) is 0 Å². The van der Waals surface area contributed by atoms with Crippen LogP contribution in [0.25, 0.3) is 0 Å². The van der Waals surface area contributed by atoms with Crippen LogP contribution in [0.3, 0.4) is 0 Å². The van der Waals surface area contributed by atoms with Crippen LogP contribution < -0.4 is 11.1 Å². The molecule has 3 aliphatic heterocycles. The molecule has 0 saturated carbocycles. The summed E-state index contributed by atoms with van der Waals surface area (Å²) in [6.45, 7) is 1.93. The van der Waals surface area contributed by atoms with Crippen LogP contribution in [-0.2, 0) is 22.7 Å². The highest BCUT2D eigenvalue weighted by atomic mass is 16.2. The van der Waals surface area contributed by atoms with Gasteiger partial charge in [-0.3, -0.25) is 29.7 Å². The second kappa shape index (κ2) is 7.81. The quantitative estimate of drug-likeness (QED) is 0.641. The molecule has 0 bridgehead atoms. The van der Waals surface area contributed by atoms with E-state index in [1.807, 2.05) is 18.2 Å². The van der Waals surface area contributed by atoms with Crippen molar-refractivity contribution in [3.8, 4) is 0 Å². The van der Waals surface area contributed by atoms with Crippen molar-refractivity contribution < 1.29 is 14.4 Å². The number of nitrogens with two attached hydrogens (primary N) is 1. The van der Waals surface area contributed by atoms with Gasteiger partial charge in [0.2, 0.25) is 11.8 Å². The number of nitrogens with zero attached hydrogens (tertiary/aromatic N) is 3. The molecule has 4 heterocycles. The average molecular weight is 422 g/mol. The minimum absolute atomic E-state index is 0.130. The number of fused-ring (bicyclic) bond motifs is 1. The van der Waals surface area contributed by atoms with E-state index >= 15 is 0 Å². The molecule has 9 heteroatoms. The van der Waals surface area contributed by atoms with E-state index in [9.17, 15) is 14.4 Å². The van der Waals surface area contributed by atoms with E-state index in [0.717, 1.165) is 42.6 Å². The van der Waals surface area contributed by atoms with Crippen LogP contribution in [0.5, 0.6) is 0 Å². The number of hydrogen-bond acceptors (Lipinski definition) is 6. The van der Waals surface area contributed by atoms with Crippen molar-refractivity contribution in [2.45, 2.75) is 57.3 Å². The van der Waals surface area contributed by atoms with Gasteiger partial charge >= 0.3 is 0 Å². The number of amides is 3.